The van der Waals surface area contributed by atoms with Crippen LogP contribution in [0.1, 0.15) is 195 Å². The molecule has 2 saturated heterocycles. The zero-order chi connectivity index (χ0) is 91.5. The molecular formula is C84H149N17O20S4Y2-4. The summed E-state index contributed by atoms with van der Waals surface area (Å²) >= 11 is 5.22. The summed E-state index contributed by atoms with van der Waals surface area (Å²) in [6, 6.07) is -4.53. The maximum absolute atomic E-state index is 13.9. The number of nitrogens with zero attached hydrogens (tertiary/aromatic N) is 4. The second kappa shape index (κ2) is 82.2. The average Bonchev–Trinajstić information content (AvgIpc) is 1.66. The first-order chi connectivity index (χ1) is 58.9. The van der Waals surface area contributed by atoms with Crippen molar-refractivity contribution in [3.8, 4) is 0 Å². The second-order valence-electron chi connectivity index (χ2n) is 30.9. The van der Waals surface area contributed by atoms with Gasteiger partial charge in [-0.1, -0.05) is 90.1 Å². The molecule has 0 aromatic heterocycles. The Kier molecular flexibility index (Phi) is 83.3. The number of carbonyl (C=O) groups is 14. The van der Waals surface area contributed by atoms with Crippen molar-refractivity contribution in [2.75, 3.05) is 167 Å². The third-order valence-electron chi connectivity index (χ3n) is 20.8. The van der Waals surface area contributed by atoms with Gasteiger partial charge in [0.25, 0.3) is 0 Å². The number of aliphatic imine (C=N–C) groups is 2. The van der Waals surface area contributed by atoms with Crippen LogP contribution < -0.4 is 60.2 Å². The average molecular weight is 2020 g/mol. The van der Waals surface area contributed by atoms with Crippen LogP contribution in [0.15, 0.2) is 9.98 Å². The molecule has 0 saturated carbocycles. The summed E-state index contributed by atoms with van der Waals surface area (Å²) in [4.78, 5) is 216. The van der Waals surface area contributed by atoms with E-state index in [0.29, 0.717) is 180 Å². The Bertz CT molecular complexity index is 3250. The molecule has 37 nitrogen and oxygen atoms in total. The van der Waals surface area contributed by atoms with Gasteiger partial charge in [0.1, 0.15) is 23.1 Å². The number of guanidine groups is 2. The van der Waals surface area contributed by atoms with Crippen LogP contribution in [-0.2, 0) is 161 Å². The second-order valence-corrected chi connectivity index (χ2v) is 34.8. The van der Waals surface area contributed by atoms with Gasteiger partial charge in [-0.05, 0) is 109 Å². The molecule has 19 N–H and O–H groups in total. The van der Waals surface area contributed by atoms with Crippen molar-refractivity contribution in [3.63, 3.8) is 0 Å². The van der Waals surface area contributed by atoms with Crippen LogP contribution in [0.25, 0.3) is 12.3 Å². The van der Waals surface area contributed by atoms with E-state index in [2.05, 4.69) is 47.2 Å². The number of unbranched alkanes of at least 4 members (excludes halogenated alkanes) is 2. The molecule has 0 aliphatic carbocycles. The number of Topliss-reactive ketones (excluding diaryl/α,β-unsaturated/α-hetero) is 8. The number of nitrogens with one attached hydrogen (secondary N) is 7. The predicted molar refractivity (Wildman–Crippen MR) is 494 cm³/mol. The monoisotopic (exact) mass is 2020 g/mol. The smallest absolute Gasteiger partial charge is 0.230 e. The number of thioether (sulfide) groups is 4. The Hall–Kier alpha value is -4.53. The van der Waals surface area contributed by atoms with Crippen LogP contribution in [0.2, 0.25) is 0 Å². The summed E-state index contributed by atoms with van der Waals surface area (Å²) in [6.45, 7) is 11.4. The number of ether oxygens (including phenoxy) is 4. The van der Waals surface area contributed by atoms with Gasteiger partial charge in [-0.2, -0.15) is 23.5 Å². The first-order valence-corrected chi connectivity index (χ1v) is 48.2. The SMILES string of the molecule is CC[C@H](C)[C@@H]1NC(=O)CCC(=O)SCC[C@@H](C(=O)CN(C)[C@H]([C-]=O)CCCN=C(N)N)NCC(=O)[C@H](CCCCNC(=O)CCOCCOCCCC(=O)CSC)CCC1=O.CC[C@H](C)[C@@H]1NC(=O)CCNC(=O)CSC[C@@H](C(=O)CN(C)[C@H]([C-]=O)CCCN=C(N)N)NCC(=O)[C@H](CCCCNC(=O)CCOCCOCCCC(=O)CSC)CCC1=O.[NH2-].[NH2-].[Y].[Y]. The predicted octanol–water partition coefficient (Wildman–Crippen LogP) is 4.06. The van der Waals surface area contributed by atoms with Crippen molar-refractivity contribution >= 4 is 152 Å². The van der Waals surface area contributed by atoms with Gasteiger partial charge in [0.2, 0.25) is 29.5 Å². The molecule has 5 amide bonds. The standard InChI is InChI=1S/C42H73N8O10S2.C42H72N7O10S2.2H2N.2Y/c1-5-30(2)41-35(53)14-13-31(10-6-7-17-45-38(56)16-21-60-23-22-59-20-9-12-33(52)27-61-4)36(54)24-48-34(28-62-29-40(58)46-19-15-39(57)49-41)37(55)25-50(3)32(26-51)11-8-18-47-42(43)44;1-5-30(2)41-35(52)14-13-31(10-6-7-19-45-38(55)17-22-59-24-23-58-21-9-12-33(51)29-60-4)36(53)26-47-34(18-25-61-40(57)16-15-39(56)48-41)37(54)27-49(3)32(28-50)11-8-20-46-42(43)44;;;;/h30-32,34,41,48H,5-25,27-29H2,1-4H3,(H,45,56)(H,46,58)(H,49,57)(H4,43,44,47);30-32,34,41,47H,5-27,29H2,1-4H3,(H,45,55)(H,48,56)(H4,43,44,46);2*1H2;;/q4*-1;;/t2*30-,31+,32-,34-,41-;;;;/m00..../s1. The topological polar surface area (TPSA) is 597 Å². The van der Waals surface area contributed by atoms with Crippen molar-refractivity contribution in [1.29, 1.82) is 0 Å². The Morgan fingerprint density at radius 3 is 1.36 bits per heavy atom. The molecule has 2 aliphatic rings. The van der Waals surface area contributed by atoms with Crippen LogP contribution in [0.4, 0.5) is 0 Å². The van der Waals surface area contributed by atoms with Crippen LogP contribution in [0, 0.1) is 23.7 Å². The summed E-state index contributed by atoms with van der Waals surface area (Å²) in [5.74, 6) is -2.34. The molecule has 127 heavy (non-hydrogen) atoms. The molecule has 0 aromatic rings. The Morgan fingerprint density at radius 2 is 0.945 bits per heavy atom. The van der Waals surface area contributed by atoms with Crippen molar-refractivity contribution in [3.05, 3.63) is 12.3 Å². The molecule has 2 fully saturated rings. The van der Waals surface area contributed by atoms with Crippen molar-refractivity contribution in [1.82, 2.24) is 47.0 Å². The van der Waals surface area contributed by atoms with Gasteiger partial charge in [0.15, 0.2) is 40.2 Å². The fourth-order valence-corrected chi connectivity index (χ4v) is 15.7. The van der Waals surface area contributed by atoms with E-state index in [1.807, 2.05) is 52.8 Å². The third-order valence-corrected chi connectivity index (χ3v) is 24.0. The minimum absolute atomic E-state index is 0. The molecule has 2 aliphatic heterocycles. The normalized spacial score (nSPS) is 19.1. The quantitative estimate of drug-likeness (QED) is 0.0177. The van der Waals surface area contributed by atoms with Crippen LogP contribution in [-0.4, -0.2) is 319 Å². The molecule has 724 valence electrons. The van der Waals surface area contributed by atoms with E-state index in [9.17, 15) is 76.7 Å². The first-order valence-electron chi connectivity index (χ1n) is 43.3. The van der Waals surface area contributed by atoms with E-state index in [-0.39, 0.29) is 304 Å². The summed E-state index contributed by atoms with van der Waals surface area (Å²) in [5, 5.41) is 20.1. The molecule has 0 aromatic carbocycles. The van der Waals surface area contributed by atoms with Gasteiger partial charge in [0, 0.05) is 192 Å². The number of ketones is 8. The fourth-order valence-electron chi connectivity index (χ4n) is 13.0. The third kappa shape index (κ3) is 65.7. The number of likely N-dealkylation sites (N-methyl/N-ethyl adjacent to an activating group) is 2. The number of amides is 5. The van der Waals surface area contributed by atoms with Gasteiger partial charge >= 0.3 is 0 Å². The zero-order valence-electron chi connectivity index (χ0n) is 76.4. The van der Waals surface area contributed by atoms with E-state index < -0.39 is 54.0 Å². The first kappa shape index (κ1) is 129. The summed E-state index contributed by atoms with van der Waals surface area (Å²) < 4.78 is 22.0. The van der Waals surface area contributed by atoms with Gasteiger partial charge < -0.3 is 105 Å². The zero-order valence-corrected chi connectivity index (χ0v) is 85.4. The number of carbonyl (C=O) groups excluding carboxylic acids is 16. The molecular weight excluding hydrogens is 1870 g/mol. The van der Waals surface area contributed by atoms with Gasteiger partial charge in [-0.25, -0.2) is 12.6 Å². The van der Waals surface area contributed by atoms with Crippen LogP contribution >= 0.6 is 47.0 Å². The van der Waals surface area contributed by atoms with E-state index in [1.165, 1.54) is 35.3 Å². The van der Waals surface area contributed by atoms with Gasteiger partial charge in [0.05, 0.1) is 107 Å². The Balaban J connectivity index is -0.00000116. The fraction of sp³-hybridized carbons (Fsp3) is 0.786. The summed E-state index contributed by atoms with van der Waals surface area (Å²) in [6.07, 6.45) is 17.4. The van der Waals surface area contributed by atoms with E-state index in [1.54, 1.807) is 23.9 Å². The molecule has 0 unspecified atom stereocenters. The summed E-state index contributed by atoms with van der Waals surface area (Å²) in [5.41, 5.74) is 21.5. The van der Waals surface area contributed by atoms with Crippen molar-refractivity contribution in [2.24, 2.45) is 56.6 Å². The molecule has 0 bridgehead atoms. The van der Waals surface area contributed by atoms with Crippen LogP contribution in [0.3, 0.4) is 0 Å². The number of nitrogens with two attached hydrogens (primary N) is 6. The molecule has 0 spiro atoms. The van der Waals surface area contributed by atoms with Crippen molar-refractivity contribution in [2.45, 2.75) is 231 Å². The van der Waals surface area contributed by atoms with E-state index in [0.717, 1.165) is 11.8 Å². The molecule has 2 radical (unpaired) electrons. The number of hydrogen-bond acceptors (Lipinski definition) is 30. The molecule has 2 rings (SSSR count). The van der Waals surface area contributed by atoms with Crippen molar-refractivity contribution < 1.29 is 161 Å². The maximum atomic E-state index is 13.9. The largest absolute Gasteiger partial charge is 0.693 e. The minimum Gasteiger partial charge on any atom is -0.693 e. The number of hydrogen-bond donors (Lipinski definition) is 11. The summed E-state index contributed by atoms with van der Waals surface area (Å²) in [7, 11) is 3.27. The molecule has 10 atom stereocenters. The maximum Gasteiger partial charge on any atom is 0.230 e. The van der Waals surface area contributed by atoms with E-state index in [4.69, 9.17) is 41.9 Å². The van der Waals surface area contributed by atoms with Crippen LogP contribution in [0.5, 0.6) is 0 Å². The Labute approximate surface area is 820 Å². The Morgan fingerprint density at radius 1 is 0.528 bits per heavy atom. The molecule has 2 heterocycles. The minimum atomic E-state index is -0.840. The molecule has 43 heteroatoms. The number of rotatable bonds is 56. The van der Waals surface area contributed by atoms with Gasteiger partial charge in [-0.3, -0.25) is 82.4 Å². The van der Waals surface area contributed by atoms with E-state index >= 15 is 0 Å². The van der Waals surface area contributed by atoms with Gasteiger partial charge in [-0.15, -0.1) is 11.8 Å².